The van der Waals surface area contributed by atoms with Gasteiger partial charge in [-0.15, -0.1) is 0 Å². The number of hydrogen-bond donors (Lipinski definition) is 6. The topological polar surface area (TPSA) is 175 Å². The quantitative estimate of drug-likeness (QED) is 0.283. The van der Waals surface area contributed by atoms with Gasteiger partial charge in [-0.2, -0.15) is 0 Å². The van der Waals surface area contributed by atoms with E-state index in [1.807, 2.05) is 0 Å². The fourth-order valence-electron chi connectivity index (χ4n) is 3.36. The molecule has 0 spiro atoms. The van der Waals surface area contributed by atoms with Crippen molar-refractivity contribution >= 4 is 17.0 Å². The van der Waals surface area contributed by atoms with E-state index in [2.05, 4.69) is 20.3 Å². The Labute approximate surface area is 170 Å². The van der Waals surface area contributed by atoms with Crippen LogP contribution in [0.2, 0.25) is 0 Å². The number of methoxy groups -OCH3 is 1. The second-order valence-corrected chi connectivity index (χ2v) is 6.78. The minimum atomic E-state index is -1.27. The number of nitrogens with one attached hydrogen (secondary N) is 1. The molecule has 0 radical (unpaired) electrons. The maximum Gasteiger partial charge on any atom is 0.167 e. The molecule has 30 heavy (non-hydrogen) atoms. The zero-order valence-corrected chi connectivity index (χ0v) is 15.9. The summed E-state index contributed by atoms with van der Waals surface area (Å²) in [6.45, 7) is -0.322. The van der Waals surface area contributed by atoms with Gasteiger partial charge in [0.25, 0.3) is 0 Å². The standard InChI is InChI=1S/C18H21N5O7/c1-29-11-3-9(25)8(2-10(11)26)4-19-16-13-17(21-6-20-16)23(7-22-13)18-15(28)14(27)12(5-24)30-18/h2-3,6-7,12,14-15,18,24-28H,4-5H2,1H3,(H,19,20,21)/t12-,14-,15-,18?/m1/s1. The van der Waals surface area contributed by atoms with Crippen molar-refractivity contribution in [2.24, 2.45) is 0 Å². The van der Waals surface area contributed by atoms with Crippen LogP contribution < -0.4 is 10.1 Å². The van der Waals surface area contributed by atoms with E-state index in [1.165, 1.54) is 36.5 Å². The Kier molecular flexibility index (Phi) is 5.30. The minimum absolute atomic E-state index is 0.0699. The smallest absolute Gasteiger partial charge is 0.167 e. The molecule has 0 aliphatic carbocycles. The Hall–Kier alpha value is -3.19. The maximum absolute atomic E-state index is 10.3. The van der Waals surface area contributed by atoms with Crippen LogP contribution in [0.4, 0.5) is 5.82 Å². The third kappa shape index (κ3) is 3.35. The van der Waals surface area contributed by atoms with Crippen LogP contribution in [0.5, 0.6) is 17.2 Å². The first-order valence-electron chi connectivity index (χ1n) is 9.07. The number of nitrogens with zero attached hydrogens (tertiary/aromatic N) is 4. The number of benzene rings is 1. The summed E-state index contributed by atoms with van der Waals surface area (Å²) in [6, 6.07) is 2.68. The molecule has 4 atom stereocenters. The molecule has 12 nitrogen and oxygen atoms in total. The van der Waals surface area contributed by atoms with E-state index in [1.54, 1.807) is 0 Å². The zero-order chi connectivity index (χ0) is 21.4. The van der Waals surface area contributed by atoms with Gasteiger partial charge in [0, 0.05) is 18.2 Å². The molecule has 6 N–H and O–H groups in total. The predicted octanol–water partition coefficient (Wildman–Crippen LogP) is -0.530. The highest BCUT2D eigenvalue weighted by molar-refractivity contribution is 5.82. The lowest BCUT2D eigenvalue weighted by Gasteiger charge is -2.16. The molecular formula is C18H21N5O7. The van der Waals surface area contributed by atoms with E-state index in [9.17, 15) is 25.5 Å². The van der Waals surface area contributed by atoms with Crippen LogP contribution in [-0.4, -0.2) is 77.1 Å². The summed E-state index contributed by atoms with van der Waals surface area (Å²) < 4.78 is 11.9. The molecule has 0 bridgehead atoms. The van der Waals surface area contributed by atoms with Gasteiger partial charge in [-0.05, 0) is 6.07 Å². The molecule has 1 unspecified atom stereocenters. The van der Waals surface area contributed by atoms with Gasteiger partial charge in [-0.3, -0.25) is 4.57 Å². The Morgan fingerprint density at radius 1 is 1.13 bits per heavy atom. The fraction of sp³-hybridized carbons (Fsp3) is 0.389. The molecule has 3 aromatic rings. The van der Waals surface area contributed by atoms with Crippen molar-refractivity contribution in [3.63, 3.8) is 0 Å². The highest BCUT2D eigenvalue weighted by atomic mass is 16.6. The fourth-order valence-corrected chi connectivity index (χ4v) is 3.36. The first-order valence-corrected chi connectivity index (χ1v) is 9.07. The molecule has 1 aliphatic heterocycles. The lowest BCUT2D eigenvalue weighted by Crippen LogP contribution is -2.33. The van der Waals surface area contributed by atoms with E-state index >= 15 is 0 Å². The number of phenolic OH excluding ortho intramolecular Hbond substituents is 2. The van der Waals surface area contributed by atoms with Crippen LogP contribution in [0, 0.1) is 0 Å². The van der Waals surface area contributed by atoms with Crippen LogP contribution >= 0.6 is 0 Å². The average molecular weight is 419 g/mol. The Balaban J connectivity index is 1.59. The highest BCUT2D eigenvalue weighted by Crippen LogP contribution is 2.34. The molecule has 3 heterocycles. The number of aromatic hydroxyl groups is 2. The first-order chi connectivity index (χ1) is 14.4. The summed E-state index contributed by atoms with van der Waals surface area (Å²) in [5, 5.41) is 52.6. The molecule has 4 rings (SSSR count). The molecule has 1 aromatic carbocycles. The molecule has 0 amide bonds. The second-order valence-electron chi connectivity index (χ2n) is 6.78. The highest BCUT2D eigenvalue weighted by Gasteiger charge is 2.44. The van der Waals surface area contributed by atoms with Gasteiger partial charge in [0.15, 0.2) is 34.7 Å². The minimum Gasteiger partial charge on any atom is -0.507 e. The van der Waals surface area contributed by atoms with Crippen molar-refractivity contribution in [3.05, 3.63) is 30.4 Å². The van der Waals surface area contributed by atoms with Crippen molar-refractivity contribution in [3.8, 4) is 17.2 Å². The van der Waals surface area contributed by atoms with Crippen molar-refractivity contribution < 1.29 is 35.0 Å². The van der Waals surface area contributed by atoms with Crippen LogP contribution in [0.3, 0.4) is 0 Å². The lowest BCUT2D eigenvalue weighted by atomic mass is 10.1. The number of aliphatic hydroxyl groups is 3. The summed E-state index contributed by atoms with van der Waals surface area (Å²) in [7, 11) is 1.38. The number of anilines is 1. The Morgan fingerprint density at radius 2 is 1.93 bits per heavy atom. The van der Waals surface area contributed by atoms with Gasteiger partial charge in [-0.25, -0.2) is 15.0 Å². The number of aromatic nitrogens is 4. The number of aliphatic hydroxyl groups excluding tert-OH is 3. The van der Waals surface area contributed by atoms with E-state index in [-0.39, 0.29) is 23.8 Å². The molecule has 160 valence electrons. The van der Waals surface area contributed by atoms with Crippen LogP contribution in [0.1, 0.15) is 11.8 Å². The third-order valence-electron chi connectivity index (χ3n) is 4.98. The summed E-state index contributed by atoms with van der Waals surface area (Å²) in [4.78, 5) is 12.6. The Morgan fingerprint density at radius 3 is 2.63 bits per heavy atom. The summed E-state index contributed by atoms with van der Waals surface area (Å²) in [5.41, 5.74) is 1.11. The van der Waals surface area contributed by atoms with E-state index in [0.29, 0.717) is 22.5 Å². The number of imidazole rings is 1. The van der Waals surface area contributed by atoms with Crippen LogP contribution in [0.15, 0.2) is 24.8 Å². The van der Waals surface area contributed by atoms with Crippen molar-refractivity contribution in [1.82, 2.24) is 19.5 Å². The van der Waals surface area contributed by atoms with Gasteiger partial charge >= 0.3 is 0 Å². The summed E-state index contributed by atoms with van der Waals surface area (Å²) in [6.07, 6.45) is -1.75. The van der Waals surface area contributed by atoms with Gasteiger partial charge in [-0.1, -0.05) is 0 Å². The van der Waals surface area contributed by atoms with Crippen molar-refractivity contribution in [1.29, 1.82) is 0 Å². The van der Waals surface area contributed by atoms with E-state index < -0.39 is 31.1 Å². The van der Waals surface area contributed by atoms with E-state index in [4.69, 9.17) is 9.47 Å². The first kappa shape index (κ1) is 20.1. The maximum atomic E-state index is 10.3. The Bertz CT molecular complexity index is 1060. The number of phenols is 2. The van der Waals surface area contributed by atoms with Crippen molar-refractivity contribution in [2.75, 3.05) is 19.0 Å². The predicted molar refractivity (Wildman–Crippen MR) is 102 cm³/mol. The molecule has 2 aromatic heterocycles. The molecule has 12 heteroatoms. The van der Waals surface area contributed by atoms with Gasteiger partial charge < -0.3 is 40.3 Å². The molecule has 1 aliphatic rings. The molecule has 1 fully saturated rings. The molecular weight excluding hydrogens is 398 g/mol. The molecule has 0 saturated carbocycles. The van der Waals surface area contributed by atoms with Gasteiger partial charge in [0.1, 0.15) is 30.4 Å². The zero-order valence-electron chi connectivity index (χ0n) is 15.9. The largest absolute Gasteiger partial charge is 0.507 e. The van der Waals surface area contributed by atoms with Crippen LogP contribution in [-0.2, 0) is 11.3 Å². The molecule has 1 saturated heterocycles. The van der Waals surface area contributed by atoms with Gasteiger partial charge in [0.05, 0.1) is 20.0 Å². The summed E-state index contributed by atoms with van der Waals surface area (Å²) >= 11 is 0. The normalized spacial score (nSPS) is 23.7. The summed E-state index contributed by atoms with van der Waals surface area (Å²) in [5.74, 6) is 0.311. The average Bonchev–Trinajstić information content (AvgIpc) is 3.29. The lowest BCUT2D eigenvalue weighted by molar-refractivity contribution is -0.0511. The van der Waals surface area contributed by atoms with Crippen LogP contribution in [0.25, 0.3) is 11.2 Å². The van der Waals surface area contributed by atoms with Crippen molar-refractivity contribution in [2.45, 2.75) is 31.1 Å². The monoisotopic (exact) mass is 419 g/mol. The SMILES string of the molecule is COc1cc(O)c(CNc2ncnc3c2ncn3C2O[C@H](CO)[C@@H](O)[C@H]2O)cc1O. The van der Waals surface area contributed by atoms with Gasteiger partial charge in [0.2, 0.25) is 0 Å². The number of hydrogen-bond acceptors (Lipinski definition) is 11. The second kappa shape index (κ2) is 7.91. The third-order valence-corrected chi connectivity index (χ3v) is 4.98. The number of ether oxygens (including phenoxy) is 2. The number of fused-ring (bicyclic) bond motifs is 1. The number of rotatable bonds is 6. The van der Waals surface area contributed by atoms with E-state index in [0.717, 1.165) is 0 Å².